The van der Waals surface area contributed by atoms with Gasteiger partial charge in [0.2, 0.25) is 0 Å². The largest absolute Gasteiger partial charge is 0.463 e. The number of esters is 3. The van der Waals surface area contributed by atoms with Crippen LogP contribution in [0.15, 0.2) is 6.33 Å². The van der Waals surface area contributed by atoms with E-state index >= 15 is 0 Å². The zero-order chi connectivity index (χ0) is 21.3. The molecule has 4 atom stereocenters. The van der Waals surface area contributed by atoms with Crippen molar-refractivity contribution in [1.29, 1.82) is 0 Å². The Morgan fingerprint density at radius 1 is 1.10 bits per heavy atom. The highest BCUT2D eigenvalue weighted by Gasteiger charge is 2.51. The first-order valence-corrected chi connectivity index (χ1v) is 9.05. The molecule has 0 radical (unpaired) electrons. The van der Waals surface area contributed by atoms with Crippen molar-refractivity contribution in [2.24, 2.45) is 0 Å². The van der Waals surface area contributed by atoms with E-state index < -0.39 is 42.4 Å². The van der Waals surface area contributed by atoms with Crippen LogP contribution in [0.25, 0.3) is 11.2 Å². The number of nitrogens with zero attached hydrogens (tertiary/aromatic N) is 4. The second-order valence-electron chi connectivity index (χ2n) is 6.40. The van der Waals surface area contributed by atoms with Gasteiger partial charge < -0.3 is 18.9 Å². The second-order valence-corrected chi connectivity index (χ2v) is 6.76. The lowest BCUT2D eigenvalue weighted by atomic mass is 10.1. The number of aromatic nitrogens is 4. The van der Waals surface area contributed by atoms with Crippen LogP contribution in [0.1, 0.15) is 32.8 Å². The fourth-order valence-corrected chi connectivity index (χ4v) is 3.34. The highest BCUT2D eigenvalue weighted by atomic mass is 35.5. The Morgan fingerprint density at radius 3 is 2.38 bits per heavy atom. The smallest absolute Gasteiger partial charge is 0.303 e. The predicted octanol–water partition coefficient (Wildman–Crippen LogP) is 1.11. The van der Waals surface area contributed by atoms with Crippen molar-refractivity contribution in [2.75, 3.05) is 6.61 Å². The summed E-state index contributed by atoms with van der Waals surface area (Å²) in [6.07, 6.45) is -2.49. The van der Waals surface area contributed by atoms with Gasteiger partial charge in [0, 0.05) is 20.8 Å². The molecule has 0 saturated carbocycles. The lowest BCUT2D eigenvalue weighted by Crippen LogP contribution is -2.40. The van der Waals surface area contributed by atoms with Crippen molar-refractivity contribution < 1.29 is 33.3 Å². The summed E-state index contributed by atoms with van der Waals surface area (Å²) in [6, 6.07) is 0. The third-order valence-electron chi connectivity index (χ3n) is 4.11. The van der Waals surface area contributed by atoms with Gasteiger partial charge in [-0.3, -0.25) is 19.0 Å². The Kier molecular flexibility index (Phi) is 5.99. The molecule has 12 heteroatoms. The molecule has 1 saturated heterocycles. The van der Waals surface area contributed by atoms with E-state index in [0.29, 0.717) is 17.0 Å². The van der Waals surface area contributed by atoms with E-state index in [9.17, 15) is 14.4 Å². The summed E-state index contributed by atoms with van der Waals surface area (Å²) >= 11 is 6.13. The van der Waals surface area contributed by atoms with Crippen LogP contribution >= 0.6 is 11.6 Å². The van der Waals surface area contributed by atoms with Crippen molar-refractivity contribution in [3.05, 3.63) is 17.3 Å². The Balaban J connectivity index is 2.04. The molecule has 0 spiro atoms. The number of halogens is 1. The molecule has 0 bridgehead atoms. The topological polar surface area (TPSA) is 132 Å². The number of hydrogen-bond acceptors (Lipinski definition) is 10. The molecule has 0 aromatic carbocycles. The minimum Gasteiger partial charge on any atom is -0.463 e. The maximum atomic E-state index is 11.7. The fourth-order valence-electron chi connectivity index (χ4n) is 3.09. The fraction of sp³-hybridized carbons (Fsp3) is 0.529. The highest BCUT2D eigenvalue weighted by Crippen LogP contribution is 2.36. The average molecular weight is 427 g/mol. The molecule has 2 aromatic heterocycles. The molecular formula is C17H19ClN4O7. The Hall–Kier alpha value is -2.79. The minimum absolute atomic E-state index is 0.154. The maximum Gasteiger partial charge on any atom is 0.303 e. The monoisotopic (exact) mass is 426 g/mol. The van der Waals surface area contributed by atoms with Gasteiger partial charge in [-0.15, -0.1) is 0 Å². The van der Waals surface area contributed by atoms with Crippen LogP contribution in [0, 0.1) is 6.92 Å². The number of rotatable bonds is 5. The van der Waals surface area contributed by atoms with Crippen molar-refractivity contribution >= 4 is 40.7 Å². The molecule has 0 aliphatic carbocycles. The summed E-state index contributed by atoms with van der Waals surface area (Å²) in [5.74, 6) is -1.35. The molecule has 1 unspecified atom stereocenters. The van der Waals surface area contributed by atoms with Gasteiger partial charge >= 0.3 is 17.9 Å². The van der Waals surface area contributed by atoms with E-state index in [2.05, 4.69) is 15.0 Å². The van der Waals surface area contributed by atoms with Gasteiger partial charge in [0.1, 0.15) is 24.1 Å². The molecule has 1 fully saturated rings. The van der Waals surface area contributed by atoms with Crippen LogP contribution in [-0.4, -0.2) is 62.3 Å². The van der Waals surface area contributed by atoms with Gasteiger partial charge in [-0.1, -0.05) is 11.6 Å². The first-order chi connectivity index (χ1) is 13.7. The number of aryl methyl sites for hydroxylation is 1. The number of ether oxygens (including phenoxy) is 4. The average Bonchev–Trinajstić information content (AvgIpc) is 3.15. The summed E-state index contributed by atoms with van der Waals surface area (Å²) in [5.41, 5.74) is 0.675. The van der Waals surface area contributed by atoms with Crippen LogP contribution in [0.5, 0.6) is 0 Å². The normalized spacial score (nSPS) is 23.8. The molecule has 3 heterocycles. The lowest BCUT2D eigenvalue weighted by molar-refractivity contribution is -0.166. The number of imidazole rings is 1. The quantitative estimate of drug-likeness (QED) is 0.389. The molecule has 3 rings (SSSR count). The minimum atomic E-state index is -1.04. The van der Waals surface area contributed by atoms with Crippen molar-refractivity contribution in [3.63, 3.8) is 0 Å². The number of carbonyl (C=O) groups excluding carboxylic acids is 3. The molecular weight excluding hydrogens is 408 g/mol. The Bertz CT molecular complexity index is 963. The zero-order valence-electron chi connectivity index (χ0n) is 16.1. The third-order valence-corrected chi connectivity index (χ3v) is 4.37. The Morgan fingerprint density at radius 2 is 1.76 bits per heavy atom. The molecule has 1 aliphatic rings. The standard InChI is InChI=1S/C17H19ClN4O7/c1-7-20-15(18)12-16(21-7)22(6-19-12)17-14(28-10(4)25)13(27-9(3)24)11(29-17)5-26-8(2)23/h6,11,13-14,17H,5H2,1-4H3/t11-,13?,14+,17-/m1/s1. The summed E-state index contributed by atoms with van der Waals surface area (Å²) in [5, 5.41) is 0.154. The first kappa shape index (κ1) is 20.9. The van der Waals surface area contributed by atoms with Crippen LogP contribution in [-0.2, 0) is 33.3 Å². The van der Waals surface area contributed by atoms with Gasteiger partial charge in [-0.05, 0) is 6.92 Å². The Labute approximate surface area is 170 Å². The lowest BCUT2D eigenvalue weighted by Gasteiger charge is -2.23. The van der Waals surface area contributed by atoms with Crippen molar-refractivity contribution in [3.8, 4) is 0 Å². The SMILES string of the molecule is CC(=O)OC[C@H]1O[C@@H](n2cnc3c(Cl)nc(C)nc32)[C@@H](OC(C)=O)C1OC(C)=O. The molecule has 11 nitrogen and oxygen atoms in total. The summed E-state index contributed by atoms with van der Waals surface area (Å²) in [4.78, 5) is 47.2. The predicted molar refractivity (Wildman–Crippen MR) is 96.7 cm³/mol. The summed E-state index contributed by atoms with van der Waals surface area (Å²) in [6.45, 7) is 5.12. The van der Waals surface area contributed by atoms with E-state index in [4.69, 9.17) is 30.5 Å². The van der Waals surface area contributed by atoms with E-state index in [1.54, 1.807) is 6.92 Å². The van der Waals surface area contributed by atoms with Crippen LogP contribution in [0.4, 0.5) is 0 Å². The molecule has 0 amide bonds. The van der Waals surface area contributed by atoms with E-state index in [1.165, 1.54) is 31.7 Å². The molecule has 2 aromatic rings. The molecule has 1 aliphatic heterocycles. The van der Waals surface area contributed by atoms with E-state index in [1.807, 2.05) is 0 Å². The second kappa shape index (κ2) is 8.29. The maximum absolute atomic E-state index is 11.7. The van der Waals surface area contributed by atoms with Gasteiger partial charge in [0.25, 0.3) is 0 Å². The molecule has 0 N–H and O–H groups in total. The van der Waals surface area contributed by atoms with E-state index in [0.717, 1.165) is 0 Å². The van der Waals surface area contributed by atoms with Crippen LogP contribution in [0.2, 0.25) is 5.15 Å². The number of fused-ring (bicyclic) bond motifs is 1. The highest BCUT2D eigenvalue weighted by molar-refractivity contribution is 6.33. The van der Waals surface area contributed by atoms with Crippen molar-refractivity contribution in [1.82, 2.24) is 19.5 Å². The van der Waals surface area contributed by atoms with Gasteiger partial charge in [-0.2, -0.15) is 0 Å². The zero-order valence-corrected chi connectivity index (χ0v) is 16.9. The van der Waals surface area contributed by atoms with Gasteiger partial charge in [0.15, 0.2) is 29.2 Å². The summed E-state index contributed by atoms with van der Waals surface area (Å²) in [7, 11) is 0. The molecule has 156 valence electrons. The third kappa shape index (κ3) is 4.46. The van der Waals surface area contributed by atoms with Gasteiger partial charge in [-0.25, -0.2) is 15.0 Å². The van der Waals surface area contributed by atoms with Crippen LogP contribution < -0.4 is 0 Å². The van der Waals surface area contributed by atoms with Crippen molar-refractivity contribution in [2.45, 2.75) is 52.2 Å². The summed E-state index contributed by atoms with van der Waals surface area (Å²) < 4.78 is 23.2. The van der Waals surface area contributed by atoms with Crippen LogP contribution in [0.3, 0.4) is 0 Å². The first-order valence-electron chi connectivity index (χ1n) is 8.67. The number of carbonyl (C=O) groups is 3. The number of hydrogen-bond donors (Lipinski definition) is 0. The van der Waals surface area contributed by atoms with E-state index in [-0.39, 0.29) is 11.8 Å². The molecule has 29 heavy (non-hydrogen) atoms. The van der Waals surface area contributed by atoms with Gasteiger partial charge in [0.05, 0.1) is 6.33 Å².